The van der Waals surface area contributed by atoms with Crippen LogP contribution in [0.1, 0.15) is 29.7 Å². The third-order valence-corrected chi connectivity index (χ3v) is 3.99. The predicted molar refractivity (Wildman–Crippen MR) is 80.1 cm³/mol. The van der Waals surface area contributed by atoms with E-state index in [4.69, 9.17) is 9.26 Å². The number of hydrogen-bond acceptors (Lipinski definition) is 6. The Morgan fingerprint density at radius 3 is 3.13 bits per heavy atom. The van der Waals surface area contributed by atoms with Crippen LogP contribution in [0.5, 0.6) is 0 Å². The van der Waals surface area contributed by atoms with Crippen LogP contribution in [0, 0.1) is 5.82 Å². The molecule has 1 saturated heterocycles. The molecule has 0 saturated carbocycles. The summed E-state index contributed by atoms with van der Waals surface area (Å²) in [6.07, 6.45) is 0.712. The zero-order valence-corrected chi connectivity index (χ0v) is 13.0. The number of aliphatic hydroxyl groups excluding tert-OH is 1. The lowest BCUT2D eigenvalue weighted by Crippen LogP contribution is -2.24. The summed E-state index contributed by atoms with van der Waals surface area (Å²) in [7, 11) is 1.62. The highest BCUT2D eigenvalue weighted by Crippen LogP contribution is 2.33. The summed E-state index contributed by atoms with van der Waals surface area (Å²) in [5, 5.41) is 13.9. The van der Waals surface area contributed by atoms with Crippen LogP contribution in [-0.4, -0.2) is 46.5 Å². The molecule has 1 aliphatic heterocycles. The number of ether oxygens (including phenoxy) is 1. The summed E-state index contributed by atoms with van der Waals surface area (Å²) < 4.78 is 23.7. The summed E-state index contributed by atoms with van der Waals surface area (Å²) in [6.45, 7) is 1.46. The molecule has 3 rings (SSSR count). The van der Waals surface area contributed by atoms with E-state index in [-0.39, 0.29) is 11.9 Å². The first-order chi connectivity index (χ1) is 11.2. The molecule has 0 unspecified atom stereocenters. The molecule has 1 aromatic carbocycles. The van der Waals surface area contributed by atoms with Crippen molar-refractivity contribution in [2.24, 2.45) is 0 Å². The van der Waals surface area contributed by atoms with E-state index in [1.54, 1.807) is 13.2 Å². The minimum absolute atomic E-state index is 0.0602. The molecule has 0 bridgehead atoms. The Kier molecular flexibility index (Phi) is 5.00. The van der Waals surface area contributed by atoms with Gasteiger partial charge in [0.2, 0.25) is 5.89 Å². The van der Waals surface area contributed by atoms with E-state index >= 15 is 0 Å². The first-order valence-corrected chi connectivity index (χ1v) is 7.63. The van der Waals surface area contributed by atoms with Crippen molar-refractivity contribution >= 4 is 0 Å². The normalized spacial score (nSPS) is 21.9. The topological polar surface area (TPSA) is 71.6 Å². The van der Waals surface area contributed by atoms with E-state index in [9.17, 15) is 9.50 Å². The van der Waals surface area contributed by atoms with Crippen molar-refractivity contribution < 1.29 is 18.8 Å². The number of rotatable bonds is 6. The largest absolute Gasteiger partial charge is 0.392 e. The number of halogens is 1. The van der Waals surface area contributed by atoms with Crippen molar-refractivity contribution in [3.63, 3.8) is 0 Å². The zero-order valence-electron chi connectivity index (χ0n) is 13.0. The first-order valence-electron chi connectivity index (χ1n) is 7.63. The first kappa shape index (κ1) is 16.0. The van der Waals surface area contributed by atoms with Crippen molar-refractivity contribution in [2.45, 2.75) is 31.5 Å². The summed E-state index contributed by atoms with van der Waals surface area (Å²) in [4.78, 5) is 6.36. The van der Waals surface area contributed by atoms with E-state index in [1.807, 2.05) is 11.0 Å². The predicted octanol–water partition coefficient (Wildman–Crippen LogP) is 1.71. The number of aliphatic hydroxyl groups is 1. The molecule has 2 aromatic rings. The van der Waals surface area contributed by atoms with Gasteiger partial charge in [-0.1, -0.05) is 17.3 Å². The highest BCUT2D eigenvalue weighted by molar-refractivity contribution is 5.21. The molecular weight excluding hydrogens is 301 g/mol. The van der Waals surface area contributed by atoms with Gasteiger partial charge in [0.15, 0.2) is 5.82 Å². The van der Waals surface area contributed by atoms with Crippen molar-refractivity contribution in [3.05, 3.63) is 47.4 Å². The fraction of sp³-hybridized carbons (Fsp3) is 0.500. The van der Waals surface area contributed by atoms with Gasteiger partial charge in [0.05, 0.1) is 19.3 Å². The molecule has 23 heavy (non-hydrogen) atoms. The third-order valence-electron chi connectivity index (χ3n) is 3.99. The molecule has 7 heteroatoms. The number of aromatic nitrogens is 2. The van der Waals surface area contributed by atoms with Gasteiger partial charge in [-0.25, -0.2) is 4.39 Å². The van der Waals surface area contributed by atoms with Gasteiger partial charge in [0.1, 0.15) is 5.82 Å². The quantitative estimate of drug-likeness (QED) is 0.873. The maximum atomic E-state index is 13.5. The van der Waals surface area contributed by atoms with Crippen LogP contribution in [-0.2, 0) is 17.7 Å². The average molecular weight is 321 g/mol. The molecule has 0 spiro atoms. The van der Waals surface area contributed by atoms with Crippen LogP contribution in [0.25, 0.3) is 0 Å². The maximum Gasteiger partial charge on any atom is 0.240 e. The van der Waals surface area contributed by atoms with Crippen LogP contribution >= 0.6 is 0 Å². The highest BCUT2D eigenvalue weighted by Gasteiger charge is 2.33. The SMILES string of the molecule is COCCc1noc(CN2C[C@@H](O)C[C@@H]2c2cccc(F)c2)n1. The lowest BCUT2D eigenvalue weighted by Gasteiger charge is -2.22. The summed E-state index contributed by atoms with van der Waals surface area (Å²) in [5.41, 5.74) is 0.848. The minimum Gasteiger partial charge on any atom is -0.392 e. The second-order valence-corrected chi connectivity index (χ2v) is 5.74. The fourth-order valence-electron chi connectivity index (χ4n) is 2.94. The van der Waals surface area contributed by atoms with E-state index in [0.29, 0.717) is 44.3 Å². The van der Waals surface area contributed by atoms with Crippen LogP contribution in [0.4, 0.5) is 4.39 Å². The maximum absolute atomic E-state index is 13.5. The number of nitrogens with zero attached hydrogens (tertiary/aromatic N) is 3. The molecule has 0 amide bonds. The number of hydrogen-bond donors (Lipinski definition) is 1. The minimum atomic E-state index is -0.445. The highest BCUT2D eigenvalue weighted by atomic mass is 19.1. The Bertz CT molecular complexity index is 649. The van der Waals surface area contributed by atoms with Gasteiger partial charge in [-0.05, 0) is 24.1 Å². The Labute approximate surface area is 133 Å². The Balaban J connectivity index is 1.71. The average Bonchev–Trinajstić information content (AvgIpc) is 3.12. The van der Waals surface area contributed by atoms with E-state index < -0.39 is 6.10 Å². The van der Waals surface area contributed by atoms with Crippen LogP contribution in [0.15, 0.2) is 28.8 Å². The molecule has 0 radical (unpaired) electrons. The standard InChI is InChI=1S/C16H20FN3O3/c1-22-6-5-15-18-16(23-19-15)10-20-9-13(21)8-14(20)11-3-2-4-12(17)7-11/h2-4,7,13-14,21H,5-6,8-10H2,1H3/t13-,14+/m0/s1. The Morgan fingerprint density at radius 2 is 2.35 bits per heavy atom. The van der Waals surface area contributed by atoms with Gasteiger partial charge in [-0.2, -0.15) is 4.98 Å². The van der Waals surface area contributed by atoms with Crippen molar-refractivity contribution in [3.8, 4) is 0 Å². The lowest BCUT2D eigenvalue weighted by molar-refractivity contribution is 0.164. The number of β-amino-alcohol motifs (C(OH)–C–C–N with tert-alkyl or cyclic N) is 1. The molecule has 2 heterocycles. The third kappa shape index (κ3) is 3.93. The molecule has 1 N–H and O–H groups in total. The second-order valence-electron chi connectivity index (χ2n) is 5.74. The summed E-state index contributed by atoms with van der Waals surface area (Å²) >= 11 is 0. The molecule has 6 nitrogen and oxygen atoms in total. The zero-order chi connectivity index (χ0) is 16.2. The van der Waals surface area contributed by atoms with E-state index in [2.05, 4.69) is 10.1 Å². The monoisotopic (exact) mass is 321 g/mol. The van der Waals surface area contributed by atoms with Gasteiger partial charge in [0, 0.05) is 26.1 Å². The summed E-state index contributed by atoms with van der Waals surface area (Å²) in [5.74, 6) is 0.819. The second kappa shape index (κ2) is 7.16. The van der Waals surface area contributed by atoms with Gasteiger partial charge < -0.3 is 14.4 Å². The smallest absolute Gasteiger partial charge is 0.240 e. The Hall–Kier alpha value is -1.83. The van der Waals surface area contributed by atoms with Crippen LogP contribution < -0.4 is 0 Å². The molecule has 0 aliphatic carbocycles. The summed E-state index contributed by atoms with van der Waals surface area (Å²) in [6, 6.07) is 6.42. The molecule has 1 aromatic heterocycles. The molecule has 2 atom stereocenters. The van der Waals surface area contributed by atoms with E-state index in [1.165, 1.54) is 12.1 Å². The van der Waals surface area contributed by atoms with Gasteiger partial charge >= 0.3 is 0 Å². The van der Waals surface area contributed by atoms with Crippen molar-refractivity contribution in [1.82, 2.24) is 15.0 Å². The fourth-order valence-corrected chi connectivity index (χ4v) is 2.94. The van der Waals surface area contributed by atoms with Gasteiger partial charge in [0.25, 0.3) is 0 Å². The number of likely N-dealkylation sites (tertiary alicyclic amines) is 1. The van der Waals surface area contributed by atoms with Crippen molar-refractivity contribution in [1.29, 1.82) is 0 Å². The van der Waals surface area contributed by atoms with Gasteiger partial charge in [-0.15, -0.1) is 0 Å². The number of benzene rings is 1. The van der Waals surface area contributed by atoms with E-state index in [0.717, 1.165) is 5.56 Å². The Morgan fingerprint density at radius 1 is 1.48 bits per heavy atom. The van der Waals surface area contributed by atoms with Crippen LogP contribution in [0.3, 0.4) is 0 Å². The lowest BCUT2D eigenvalue weighted by atomic mass is 10.0. The molecule has 124 valence electrons. The van der Waals surface area contributed by atoms with Crippen molar-refractivity contribution in [2.75, 3.05) is 20.3 Å². The van der Waals surface area contributed by atoms with Crippen LogP contribution in [0.2, 0.25) is 0 Å². The molecule has 1 aliphatic rings. The van der Waals surface area contributed by atoms with Gasteiger partial charge in [-0.3, -0.25) is 4.90 Å². The number of methoxy groups -OCH3 is 1. The molecule has 1 fully saturated rings. The molecular formula is C16H20FN3O3.